The molecule has 162 valence electrons. The molecule has 0 aliphatic heterocycles. The molecule has 1 aromatic heterocycles. The lowest BCUT2D eigenvalue weighted by molar-refractivity contribution is -0.152. The summed E-state index contributed by atoms with van der Waals surface area (Å²) in [5.41, 5.74) is 0.521. The van der Waals surface area contributed by atoms with Crippen LogP contribution in [-0.4, -0.2) is 33.5 Å². The molecule has 0 radical (unpaired) electrons. The quantitative estimate of drug-likeness (QED) is 0.507. The third-order valence-electron chi connectivity index (χ3n) is 5.68. The Hall–Kier alpha value is -2.28. The molecule has 1 aromatic carbocycles. The van der Waals surface area contributed by atoms with Gasteiger partial charge in [0.2, 0.25) is 0 Å². The average Bonchev–Trinajstić information content (AvgIpc) is 3.11. The molecule has 0 unspecified atom stereocenters. The molecule has 1 heterocycles. The number of carbonyl (C=O) groups excluding carboxylic acids is 2. The van der Waals surface area contributed by atoms with Crippen molar-refractivity contribution in [2.24, 2.45) is 24.8 Å². The number of aromatic nitrogens is 2. The molecule has 0 spiro atoms. The van der Waals surface area contributed by atoms with Gasteiger partial charge in [0, 0.05) is 24.2 Å². The van der Waals surface area contributed by atoms with Crippen LogP contribution in [0, 0.1) is 17.8 Å². The van der Waals surface area contributed by atoms with Gasteiger partial charge in [-0.05, 0) is 42.7 Å². The van der Waals surface area contributed by atoms with Crippen molar-refractivity contribution in [3.05, 3.63) is 42.1 Å². The molecule has 3 rings (SSSR count). The second kappa shape index (κ2) is 10.2. The molecule has 1 fully saturated rings. The zero-order valence-corrected chi connectivity index (χ0v) is 18.9. The van der Waals surface area contributed by atoms with Gasteiger partial charge in [-0.2, -0.15) is 5.10 Å². The van der Waals surface area contributed by atoms with E-state index in [0.717, 1.165) is 17.7 Å². The molecule has 1 N–H and O–H groups in total. The minimum absolute atomic E-state index is 0.00968. The van der Waals surface area contributed by atoms with E-state index in [4.69, 9.17) is 4.74 Å². The smallest absolute Gasteiger partial charge is 0.316 e. The summed E-state index contributed by atoms with van der Waals surface area (Å²) in [6.45, 7) is 6.63. The largest absolute Gasteiger partial charge is 0.461 e. The van der Waals surface area contributed by atoms with E-state index >= 15 is 0 Å². The molecule has 0 bridgehead atoms. The van der Waals surface area contributed by atoms with E-state index < -0.39 is 0 Å². The number of esters is 1. The van der Waals surface area contributed by atoms with Gasteiger partial charge < -0.3 is 10.1 Å². The first-order valence-corrected chi connectivity index (χ1v) is 11.5. The highest BCUT2D eigenvalue weighted by atomic mass is 32.2. The average molecular weight is 430 g/mol. The lowest BCUT2D eigenvalue weighted by Crippen LogP contribution is -2.36. The number of amides is 1. The second-order valence-electron chi connectivity index (χ2n) is 8.47. The predicted octanol–water partition coefficient (Wildman–Crippen LogP) is 4.77. The first-order chi connectivity index (χ1) is 14.3. The Morgan fingerprint density at radius 1 is 1.27 bits per heavy atom. The summed E-state index contributed by atoms with van der Waals surface area (Å²) in [6, 6.07) is 9.02. The minimum atomic E-state index is -0.244. The van der Waals surface area contributed by atoms with Gasteiger partial charge in [-0.3, -0.25) is 14.3 Å². The van der Waals surface area contributed by atoms with Crippen molar-refractivity contribution in [3.63, 3.8) is 0 Å². The summed E-state index contributed by atoms with van der Waals surface area (Å²) in [7, 11) is 1.79. The molecule has 6 nitrogen and oxygen atoms in total. The Kier molecular flexibility index (Phi) is 7.58. The normalized spacial score (nSPS) is 21.4. The van der Waals surface area contributed by atoms with Gasteiger partial charge in [0.15, 0.2) is 5.82 Å². The number of hydrogen-bond acceptors (Lipinski definition) is 5. The molecule has 2 aromatic rings. The van der Waals surface area contributed by atoms with E-state index in [2.05, 4.69) is 31.2 Å². The maximum Gasteiger partial charge on any atom is 0.316 e. The maximum absolute atomic E-state index is 12.7. The third-order valence-corrected chi connectivity index (χ3v) is 6.72. The standard InChI is InChI=1S/C23H31N3O3S/c1-15(2)17-10-9-16(3)13-19(17)29-22(27)14-30-20-8-6-5-7-18(20)23(28)24-21-11-12-26(4)25-21/h5-8,11-12,15-17,19H,9-10,13-14H2,1-4H3,(H,24,25,28)/t16-,17-,19+/m1/s1. The number of benzene rings is 1. The Bertz CT molecular complexity index is 880. The van der Waals surface area contributed by atoms with Crippen LogP contribution in [0.15, 0.2) is 41.4 Å². The second-order valence-corrected chi connectivity index (χ2v) is 9.49. The van der Waals surface area contributed by atoms with Crippen molar-refractivity contribution in [1.82, 2.24) is 9.78 Å². The van der Waals surface area contributed by atoms with Gasteiger partial charge in [0.25, 0.3) is 5.91 Å². The Labute approximate surface area is 182 Å². The molecule has 3 atom stereocenters. The highest BCUT2D eigenvalue weighted by molar-refractivity contribution is 8.00. The van der Waals surface area contributed by atoms with E-state index in [1.165, 1.54) is 18.2 Å². The summed E-state index contributed by atoms with van der Waals surface area (Å²) >= 11 is 1.34. The Morgan fingerprint density at radius 3 is 2.73 bits per heavy atom. The zero-order valence-electron chi connectivity index (χ0n) is 18.1. The van der Waals surface area contributed by atoms with Crippen molar-refractivity contribution in [2.45, 2.75) is 51.0 Å². The molecule has 1 aliphatic carbocycles. The van der Waals surface area contributed by atoms with Gasteiger partial charge in [-0.15, -0.1) is 11.8 Å². The Balaban J connectivity index is 1.60. The number of carbonyl (C=O) groups is 2. The van der Waals surface area contributed by atoms with E-state index in [-0.39, 0.29) is 23.7 Å². The van der Waals surface area contributed by atoms with Gasteiger partial charge in [-0.25, -0.2) is 0 Å². The fourth-order valence-electron chi connectivity index (χ4n) is 4.04. The fraction of sp³-hybridized carbons (Fsp3) is 0.522. The van der Waals surface area contributed by atoms with Crippen LogP contribution >= 0.6 is 11.8 Å². The van der Waals surface area contributed by atoms with Crippen LogP contribution in [-0.2, 0) is 16.6 Å². The summed E-state index contributed by atoms with van der Waals surface area (Å²) in [6.07, 6.45) is 5.00. The molecule has 30 heavy (non-hydrogen) atoms. The zero-order chi connectivity index (χ0) is 21.7. The Morgan fingerprint density at radius 2 is 2.03 bits per heavy atom. The summed E-state index contributed by atoms with van der Waals surface area (Å²) in [5, 5.41) is 6.97. The lowest BCUT2D eigenvalue weighted by Gasteiger charge is -2.36. The van der Waals surface area contributed by atoms with Crippen molar-refractivity contribution in [1.29, 1.82) is 0 Å². The van der Waals surface area contributed by atoms with Gasteiger partial charge in [-0.1, -0.05) is 39.3 Å². The summed E-state index contributed by atoms with van der Waals surface area (Å²) in [5.74, 6) is 1.72. The first-order valence-electron chi connectivity index (χ1n) is 10.6. The number of nitrogens with one attached hydrogen (secondary N) is 1. The van der Waals surface area contributed by atoms with Crippen LogP contribution in [0.3, 0.4) is 0 Å². The molecule has 7 heteroatoms. The van der Waals surface area contributed by atoms with Crippen LogP contribution in [0.5, 0.6) is 0 Å². The molecular formula is C23H31N3O3S. The van der Waals surface area contributed by atoms with Gasteiger partial charge >= 0.3 is 5.97 Å². The first kappa shape index (κ1) is 22.4. The van der Waals surface area contributed by atoms with Gasteiger partial charge in [0.05, 0.1) is 11.3 Å². The van der Waals surface area contributed by atoms with Crippen molar-refractivity contribution in [2.75, 3.05) is 11.1 Å². The van der Waals surface area contributed by atoms with Crippen LogP contribution in [0.25, 0.3) is 0 Å². The number of aryl methyl sites for hydroxylation is 1. The van der Waals surface area contributed by atoms with E-state index in [1.807, 2.05) is 18.2 Å². The lowest BCUT2D eigenvalue weighted by atomic mass is 9.75. The van der Waals surface area contributed by atoms with Crippen LogP contribution in [0.4, 0.5) is 5.82 Å². The van der Waals surface area contributed by atoms with Crippen molar-refractivity contribution < 1.29 is 14.3 Å². The van der Waals surface area contributed by atoms with Crippen LogP contribution in [0.1, 0.15) is 50.4 Å². The topological polar surface area (TPSA) is 73.2 Å². The van der Waals surface area contributed by atoms with Crippen molar-refractivity contribution in [3.8, 4) is 0 Å². The number of rotatable bonds is 7. The van der Waals surface area contributed by atoms with Crippen LogP contribution < -0.4 is 5.32 Å². The number of ether oxygens (including phenoxy) is 1. The number of thioether (sulfide) groups is 1. The van der Waals surface area contributed by atoms with E-state index in [1.54, 1.807) is 30.1 Å². The maximum atomic E-state index is 12.7. The summed E-state index contributed by atoms with van der Waals surface area (Å²) in [4.78, 5) is 26.0. The molecular weight excluding hydrogens is 398 g/mol. The third kappa shape index (κ3) is 5.88. The number of hydrogen-bond donors (Lipinski definition) is 1. The van der Waals surface area contributed by atoms with E-state index in [9.17, 15) is 9.59 Å². The molecule has 0 saturated heterocycles. The SMILES string of the molecule is CC(C)[C@H]1CC[C@@H](C)C[C@@H]1OC(=O)CSc1ccccc1C(=O)Nc1ccn(C)n1. The fourth-order valence-corrected chi connectivity index (χ4v) is 4.87. The predicted molar refractivity (Wildman–Crippen MR) is 120 cm³/mol. The highest BCUT2D eigenvalue weighted by Crippen LogP contribution is 2.35. The highest BCUT2D eigenvalue weighted by Gasteiger charge is 2.33. The monoisotopic (exact) mass is 429 g/mol. The number of anilines is 1. The van der Waals surface area contributed by atoms with E-state index in [0.29, 0.717) is 29.1 Å². The summed E-state index contributed by atoms with van der Waals surface area (Å²) < 4.78 is 7.51. The van der Waals surface area contributed by atoms with Crippen molar-refractivity contribution >= 4 is 29.5 Å². The number of nitrogens with zero attached hydrogens (tertiary/aromatic N) is 2. The minimum Gasteiger partial charge on any atom is -0.461 e. The van der Waals surface area contributed by atoms with Crippen LogP contribution in [0.2, 0.25) is 0 Å². The molecule has 1 amide bonds. The molecule has 1 saturated carbocycles. The van der Waals surface area contributed by atoms with Gasteiger partial charge in [0.1, 0.15) is 6.10 Å². The molecule has 1 aliphatic rings.